The lowest BCUT2D eigenvalue weighted by Crippen LogP contribution is -2.36. The van der Waals surface area contributed by atoms with Crippen molar-refractivity contribution < 1.29 is 14.3 Å². The van der Waals surface area contributed by atoms with Gasteiger partial charge in [-0.2, -0.15) is 5.26 Å². The number of rotatable bonds is 5. The van der Waals surface area contributed by atoms with Gasteiger partial charge in [0.15, 0.2) is 17.3 Å². The lowest BCUT2D eigenvalue weighted by molar-refractivity contribution is -0.116. The molecule has 0 fully saturated rings. The molecule has 0 unspecified atom stereocenters. The van der Waals surface area contributed by atoms with Crippen molar-refractivity contribution in [2.45, 2.75) is 39.0 Å². The highest BCUT2D eigenvalue weighted by Gasteiger charge is 2.39. The quantitative estimate of drug-likeness (QED) is 0.628. The van der Waals surface area contributed by atoms with E-state index in [1.165, 1.54) is 0 Å². The maximum Gasteiger partial charge on any atom is 0.174 e. The second-order valence-electron chi connectivity index (χ2n) is 6.74. The molecule has 0 amide bonds. The molecule has 6 nitrogen and oxygen atoms in total. The van der Waals surface area contributed by atoms with Crippen molar-refractivity contribution in [3.63, 3.8) is 0 Å². The first kappa shape index (κ1) is 20.5. The van der Waals surface area contributed by atoms with E-state index in [9.17, 15) is 10.1 Å². The lowest BCUT2D eigenvalue weighted by Gasteiger charge is -2.37. The van der Waals surface area contributed by atoms with E-state index in [0.717, 1.165) is 27.7 Å². The van der Waals surface area contributed by atoms with Crippen LogP contribution in [-0.2, 0) is 4.79 Å². The average molecular weight is 493 g/mol. The summed E-state index contributed by atoms with van der Waals surface area (Å²) in [7, 11) is 1.82. The van der Waals surface area contributed by atoms with Gasteiger partial charge in [-0.15, -0.1) is 0 Å². The van der Waals surface area contributed by atoms with Crippen LogP contribution in [0.2, 0.25) is 0 Å². The molecule has 28 heavy (non-hydrogen) atoms. The first-order chi connectivity index (χ1) is 13.4. The second kappa shape index (κ2) is 8.43. The topological polar surface area (TPSA) is 88.6 Å². The van der Waals surface area contributed by atoms with Gasteiger partial charge in [-0.1, -0.05) is 0 Å². The molecule has 1 heterocycles. The number of ether oxygens (including phenoxy) is 2. The molecule has 2 N–H and O–H groups in total. The van der Waals surface area contributed by atoms with Crippen LogP contribution in [0.3, 0.4) is 0 Å². The van der Waals surface area contributed by atoms with Crippen LogP contribution in [0.4, 0.5) is 0 Å². The SMILES string of the molecule is CCOc1cc([C@@H]2C(C#N)=C(N)N(C)C3=C2C(=O)CCC3)cc(I)c1OCC. The number of nitrogens with two attached hydrogens (primary N) is 1. The Hall–Kier alpha value is -2.21. The van der Waals surface area contributed by atoms with Gasteiger partial charge in [-0.25, -0.2) is 0 Å². The molecule has 1 atom stereocenters. The highest BCUT2D eigenvalue weighted by Crippen LogP contribution is 2.46. The smallest absolute Gasteiger partial charge is 0.174 e. The Labute approximate surface area is 179 Å². The minimum atomic E-state index is -0.479. The van der Waals surface area contributed by atoms with Crippen LogP contribution in [-0.4, -0.2) is 30.9 Å². The van der Waals surface area contributed by atoms with E-state index in [-0.39, 0.29) is 5.78 Å². The average Bonchev–Trinajstić information content (AvgIpc) is 2.67. The summed E-state index contributed by atoms with van der Waals surface area (Å²) in [4.78, 5) is 14.7. The molecule has 0 bridgehead atoms. The fraction of sp³-hybridized carbons (Fsp3) is 0.429. The zero-order chi connectivity index (χ0) is 20.4. The molecule has 148 valence electrons. The van der Waals surface area contributed by atoms with E-state index in [2.05, 4.69) is 28.7 Å². The van der Waals surface area contributed by atoms with Gasteiger partial charge in [0.2, 0.25) is 0 Å². The van der Waals surface area contributed by atoms with Gasteiger partial charge in [0.25, 0.3) is 0 Å². The third kappa shape index (κ3) is 3.46. The normalized spacial score (nSPS) is 19.5. The number of benzene rings is 1. The van der Waals surface area contributed by atoms with E-state index < -0.39 is 5.92 Å². The number of Topliss-reactive ketones (excluding diaryl/α,β-unsaturated/α-hetero) is 1. The van der Waals surface area contributed by atoms with Crippen LogP contribution < -0.4 is 15.2 Å². The number of carbonyl (C=O) groups excluding carboxylic acids is 1. The minimum absolute atomic E-state index is 0.0835. The number of nitriles is 1. The van der Waals surface area contributed by atoms with E-state index in [4.69, 9.17) is 15.2 Å². The van der Waals surface area contributed by atoms with Gasteiger partial charge in [0.05, 0.1) is 34.3 Å². The van der Waals surface area contributed by atoms with Crippen molar-refractivity contribution in [3.8, 4) is 17.6 Å². The maximum absolute atomic E-state index is 12.9. The second-order valence-corrected chi connectivity index (χ2v) is 7.90. The predicted molar refractivity (Wildman–Crippen MR) is 115 cm³/mol. The van der Waals surface area contributed by atoms with Gasteiger partial charge in [0, 0.05) is 24.7 Å². The fourth-order valence-electron chi connectivity index (χ4n) is 3.90. The predicted octanol–water partition coefficient (Wildman–Crippen LogP) is 3.82. The first-order valence-electron chi connectivity index (χ1n) is 9.43. The molecule has 0 radical (unpaired) electrons. The zero-order valence-corrected chi connectivity index (χ0v) is 18.5. The van der Waals surface area contributed by atoms with Crippen molar-refractivity contribution in [3.05, 3.63) is 43.9 Å². The number of nitrogens with zero attached hydrogens (tertiary/aromatic N) is 2. The summed E-state index contributed by atoms with van der Waals surface area (Å²) in [5.41, 5.74) is 9.13. The standard InChI is InChI=1S/C21H24IN3O3/c1-4-27-17-10-12(9-14(22)20(17)28-5-2)18-13(11-23)21(24)25(3)15-7-6-8-16(26)19(15)18/h9-10,18H,4-8,24H2,1-3H3/t18-/m1/s1. The third-order valence-electron chi connectivity index (χ3n) is 5.12. The molecule has 1 aliphatic carbocycles. The Morgan fingerprint density at radius 3 is 2.64 bits per heavy atom. The molecular weight excluding hydrogens is 469 g/mol. The summed E-state index contributed by atoms with van der Waals surface area (Å²) < 4.78 is 12.4. The van der Waals surface area contributed by atoms with Crippen molar-refractivity contribution in [2.24, 2.45) is 5.73 Å². The summed E-state index contributed by atoms with van der Waals surface area (Å²) in [6.07, 6.45) is 2.07. The molecule has 1 aliphatic heterocycles. The number of hydrogen-bond acceptors (Lipinski definition) is 6. The third-order valence-corrected chi connectivity index (χ3v) is 5.92. The Morgan fingerprint density at radius 1 is 1.29 bits per heavy atom. The number of hydrogen-bond donors (Lipinski definition) is 1. The molecule has 0 saturated heterocycles. The van der Waals surface area contributed by atoms with E-state index >= 15 is 0 Å². The van der Waals surface area contributed by atoms with Crippen LogP contribution in [0, 0.1) is 14.9 Å². The van der Waals surface area contributed by atoms with Crippen LogP contribution in [0.15, 0.2) is 34.8 Å². The van der Waals surface area contributed by atoms with Crippen molar-refractivity contribution >= 4 is 28.4 Å². The fourth-order valence-corrected chi connectivity index (χ4v) is 4.68. The summed E-state index contributed by atoms with van der Waals surface area (Å²) in [6.45, 7) is 4.84. The van der Waals surface area contributed by atoms with Gasteiger partial charge in [-0.05, 0) is 67.0 Å². The monoisotopic (exact) mass is 493 g/mol. The highest BCUT2D eigenvalue weighted by molar-refractivity contribution is 14.1. The number of halogens is 1. The van der Waals surface area contributed by atoms with E-state index in [0.29, 0.717) is 48.1 Å². The Bertz CT molecular complexity index is 914. The van der Waals surface area contributed by atoms with Gasteiger partial charge in [0.1, 0.15) is 5.82 Å². The molecule has 3 rings (SSSR count). The van der Waals surface area contributed by atoms with Crippen LogP contribution in [0.25, 0.3) is 0 Å². The summed E-state index contributed by atoms with van der Waals surface area (Å²) in [5, 5.41) is 9.86. The molecule has 1 aromatic carbocycles. The largest absolute Gasteiger partial charge is 0.490 e. The lowest BCUT2D eigenvalue weighted by atomic mass is 9.76. The minimum Gasteiger partial charge on any atom is -0.490 e. The van der Waals surface area contributed by atoms with Crippen LogP contribution in [0.5, 0.6) is 11.5 Å². The van der Waals surface area contributed by atoms with Gasteiger partial charge in [-0.3, -0.25) is 4.79 Å². The Kier molecular flexibility index (Phi) is 6.18. The summed E-state index contributed by atoms with van der Waals surface area (Å²) in [6, 6.07) is 6.09. The molecule has 7 heteroatoms. The molecule has 0 spiro atoms. The van der Waals surface area contributed by atoms with E-state index in [1.54, 1.807) is 4.90 Å². The van der Waals surface area contributed by atoms with Crippen LogP contribution >= 0.6 is 22.6 Å². The zero-order valence-electron chi connectivity index (χ0n) is 16.3. The first-order valence-corrected chi connectivity index (χ1v) is 10.5. The van der Waals surface area contributed by atoms with Crippen molar-refractivity contribution in [2.75, 3.05) is 20.3 Å². The highest BCUT2D eigenvalue weighted by atomic mass is 127. The maximum atomic E-state index is 12.9. The molecular formula is C21H24IN3O3. The Balaban J connectivity index is 2.23. The van der Waals surface area contributed by atoms with Crippen molar-refractivity contribution in [1.29, 1.82) is 5.26 Å². The van der Waals surface area contributed by atoms with Gasteiger partial charge < -0.3 is 20.1 Å². The number of allylic oxidation sites excluding steroid dienone is 3. The van der Waals surface area contributed by atoms with Gasteiger partial charge >= 0.3 is 0 Å². The van der Waals surface area contributed by atoms with E-state index in [1.807, 2.05) is 33.0 Å². The number of ketones is 1. The summed E-state index contributed by atoms with van der Waals surface area (Å²) >= 11 is 2.21. The summed E-state index contributed by atoms with van der Waals surface area (Å²) in [5.74, 6) is 1.31. The molecule has 2 aliphatic rings. The Morgan fingerprint density at radius 2 is 2.00 bits per heavy atom. The van der Waals surface area contributed by atoms with Crippen molar-refractivity contribution in [1.82, 2.24) is 4.90 Å². The molecule has 0 aromatic heterocycles. The molecule has 1 aromatic rings. The van der Waals surface area contributed by atoms with Crippen LogP contribution in [0.1, 0.15) is 44.6 Å². The number of carbonyl (C=O) groups is 1. The molecule has 0 saturated carbocycles.